The Morgan fingerprint density at radius 3 is 3.09 bits per heavy atom. The van der Waals surface area contributed by atoms with Crippen LogP contribution in [0.15, 0.2) is 30.6 Å². The molecule has 22 heavy (non-hydrogen) atoms. The van der Waals surface area contributed by atoms with E-state index in [1.54, 1.807) is 5.06 Å². The number of hydrogen-bond acceptors (Lipinski definition) is 5. The Morgan fingerprint density at radius 1 is 1.32 bits per heavy atom. The summed E-state index contributed by atoms with van der Waals surface area (Å²) < 4.78 is 0. The van der Waals surface area contributed by atoms with Crippen LogP contribution in [0.3, 0.4) is 0 Å². The van der Waals surface area contributed by atoms with Gasteiger partial charge in [-0.05, 0) is 24.5 Å². The molecule has 0 N–H and O–H groups in total. The van der Waals surface area contributed by atoms with Crippen molar-refractivity contribution in [3.05, 3.63) is 36.2 Å². The van der Waals surface area contributed by atoms with Gasteiger partial charge in [0.05, 0.1) is 6.54 Å². The molecule has 2 aliphatic heterocycles. The molecule has 0 saturated carbocycles. The van der Waals surface area contributed by atoms with Gasteiger partial charge in [0.1, 0.15) is 0 Å². The maximum Gasteiger partial charge on any atom is 0.322 e. The first kappa shape index (κ1) is 13.5. The van der Waals surface area contributed by atoms with E-state index in [1.165, 1.54) is 28.9 Å². The lowest BCUT2D eigenvalue weighted by Gasteiger charge is -2.35. The molecule has 1 atom stereocenters. The molecule has 1 aromatic carbocycles. The van der Waals surface area contributed by atoms with E-state index in [1.807, 2.05) is 12.4 Å². The maximum atomic E-state index is 11.1. The minimum Gasteiger partial charge on any atom is -0.368 e. The number of carbonyl (C=O) groups is 1. The molecule has 2 aliphatic rings. The number of carbonyl (C=O) groups excluding carboxylic acids is 1. The summed E-state index contributed by atoms with van der Waals surface area (Å²) in [7, 11) is 0. The van der Waals surface area contributed by atoms with Crippen molar-refractivity contribution >= 4 is 22.4 Å². The van der Waals surface area contributed by atoms with Gasteiger partial charge >= 0.3 is 5.97 Å². The highest BCUT2D eigenvalue weighted by atomic mass is 16.7. The second kappa shape index (κ2) is 5.25. The lowest BCUT2D eigenvalue weighted by Crippen LogP contribution is -2.41. The number of hydrogen-bond donors (Lipinski definition) is 0. The fraction of sp³-hybridized carbons (Fsp3) is 0.412. The number of benzene rings is 1. The van der Waals surface area contributed by atoms with Crippen LogP contribution in [0.1, 0.15) is 18.9 Å². The van der Waals surface area contributed by atoms with E-state index in [0.29, 0.717) is 6.04 Å². The average Bonchev–Trinajstić information content (AvgIpc) is 2.96. The molecule has 5 nitrogen and oxygen atoms in total. The minimum absolute atomic E-state index is 0.238. The number of nitrogens with zero attached hydrogens (tertiary/aromatic N) is 3. The van der Waals surface area contributed by atoms with Crippen LogP contribution in [0.5, 0.6) is 0 Å². The summed E-state index contributed by atoms with van der Waals surface area (Å²) in [4.78, 5) is 23.2. The summed E-state index contributed by atoms with van der Waals surface area (Å²) in [5.41, 5.74) is 2.62. The Balaban J connectivity index is 1.65. The number of pyridine rings is 1. The van der Waals surface area contributed by atoms with E-state index in [9.17, 15) is 4.79 Å². The van der Waals surface area contributed by atoms with Crippen molar-refractivity contribution in [2.24, 2.45) is 0 Å². The van der Waals surface area contributed by atoms with Gasteiger partial charge in [-0.1, -0.05) is 12.1 Å². The maximum absolute atomic E-state index is 11.1. The molecule has 1 unspecified atom stereocenters. The molecule has 114 valence electrons. The third-order valence-corrected chi connectivity index (χ3v) is 4.60. The van der Waals surface area contributed by atoms with Gasteiger partial charge in [0.2, 0.25) is 0 Å². The Bertz CT molecular complexity index is 726. The van der Waals surface area contributed by atoms with Crippen molar-refractivity contribution in [2.45, 2.75) is 25.8 Å². The molecule has 3 heterocycles. The normalized spacial score (nSPS) is 21.3. The zero-order chi connectivity index (χ0) is 15.1. The standard InChI is InChI=1S/C17H19N3O2/c1-12(21)22-19-7-6-15(11-19)20-8-5-14-10-18-9-13-3-2-4-16(20)17(13)14/h2-4,9-10,15H,5-8,11H2,1H3. The van der Waals surface area contributed by atoms with Crippen LogP contribution in [0, 0.1) is 0 Å². The van der Waals surface area contributed by atoms with Crippen molar-refractivity contribution < 1.29 is 9.63 Å². The fourth-order valence-corrected chi connectivity index (χ4v) is 3.69. The molecule has 0 amide bonds. The molecule has 5 heteroatoms. The van der Waals surface area contributed by atoms with Gasteiger partial charge in [-0.25, -0.2) is 0 Å². The van der Waals surface area contributed by atoms with E-state index in [2.05, 4.69) is 28.1 Å². The smallest absolute Gasteiger partial charge is 0.322 e. The Hall–Kier alpha value is -2.14. The molecular formula is C17H19N3O2. The van der Waals surface area contributed by atoms with Gasteiger partial charge in [0, 0.05) is 54.9 Å². The zero-order valence-electron chi connectivity index (χ0n) is 12.7. The van der Waals surface area contributed by atoms with Crippen molar-refractivity contribution in [3.8, 4) is 0 Å². The van der Waals surface area contributed by atoms with Gasteiger partial charge in [0.15, 0.2) is 0 Å². The average molecular weight is 297 g/mol. The quantitative estimate of drug-likeness (QED) is 0.850. The molecule has 0 radical (unpaired) electrons. The highest BCUT2D eigenvalue weighted by Gasteiger charge is 2.32. The minimum atomic E-state index is -0.238. The number of anilines is 1. The van der Waals surface area contributed by atoms with Crippen LogP contribution in [-0.2, 0) is 16.1 Å². The lowest BCUT2D eigenvalue weighted by atomic mass is 9.97. The van der Waals surface area contributed by atoms with E-state index in [0.717, 1.165) is 32.5 Å². The van der Waals surface area contributed by atoms with Crippen molar-refractivity contribution in [1.29, 1.82) is 0 Å². The summed E-state index contributed by atoms with van der Waals surface area (Å²) in [5, 5.41) is 4.32. The predicted molar refractivity (Wildman–Crippen MR) is 84.5 cm³/mol. The zero-order valence-corrected chi connectivity index (χ0v) is 12.7. The first-order valence-corrected chi connectivity index (χ1v) is 7.78. The summed E-state index contributed by atoms with van der Waals surface area (Å²) in [5.74, 6) is -0.238. The first-order chi connectivity index (χ1) is 10.7. The van der Waals surface area contributed by atoms with Crippen LogP contribution in [-0.4, -0.2) is 41.7 Å². The molecule has 4 rings (SSSR count). The number of rotatable bonds is 2. The molecule has 1 fully saturated rings. The van der Waals surface area contributed by atoms with E-state index >= 15 is 0 Å². The van der Waals surface area contributed by atoms with Gasteiger partial charge in [-0.2, -0.15) is 0 Å². The monoisotopic (exact) mass is 297 g/mol. The van der Waals surface area contributed by atoms with Gasteiger partial charge in [-0.3, -0.25) is 9.78 Å². The summed E-state index contributed by atoms with van der Waals surface area (Å²) >= 11 is 0. The Labute approximate surface area is 129 Å². The molecule has 0 aliphatic carbocycles. The predicted octanol–water partition coefficient (Wildman–Crippen LogP) is 2.15. The van der Waals surface area contributed by atoms with Crippen LogP contribution in [0.4, 0.5) is 5.69 Å². The topological polar surface area (TPSA) is 45.7 Å². The van der Waals surface area contributed by atoms with Crippen LogP contribution >= 0.6 is 0 Å². The highest BCUT2D eigenvalue weighted by Crippen LogP contribution is 2.36. The second-order valence-electron chi connectivity index (χ2n) is 6.03. The number of aromatic nitrogens is 1. The molecule has 1 saturated heterocycles. The van der Waals surface area contributed by atoms with Crippen LogP contribution in [0.2, 0.25) is 0 Å². The van der Waals surface area contributed by atoms with Crippen molar-refractivity contribution in [2.75, 3.05) is 24.5 Å². The third-order valence-electron chi connectivity index (χ3n) is 4.60. The van der Waals surface area contributed by atoms with Crippen LogP contribution < -0.4 is 4.90 Å². The van der Waals surface area contributed by atoms with E-state index in [-0.39, 0.29) is 5.97 Å². The second-order valence-corrected chi connectivity index (χ2v) is 6.03. The molecular weight excluding hydrogens is 278 g/mol. The largest absolute Gasteiger partial charge is 0.368 e. The molecule has 0 bridgehead atoms. The van der Waals surface area contributed by atoms with Crippen molar-refractivity contribution in [3.63, 3.8) is 0 Å². The van der Waals surface area contributed by atoms with E-state index < -0.39 is 0 Å². The lowest BCUT2D eigenvalue weighted by molar-refractivity contribution is -0.182. The van der Waals surface area contributed by atoms with Gasteiger partial charge in [0.25, 0.3) is 0 Å². The molecule has 2 aromatic rings. The van der Waals surface area contributed by atoms with Gasteiger partial charge in [-0.15, -0.1) is 5.06 Å². The summed E-state index contributed by atoms with van der Waals surface area (Å²) in [6.07, 6.45) is 5.96. The SMILES string of the molecule is CC(=O)ON1CCC(N2CCc3cncc4cccc2c34)C1. The number of hydroxylamine groups is 2. The van der Waals surface area contributed by atoms with Crippen molar-refractivity contribution in [1.82, 2.24) is 10.0 Å². The molecule has 0 spiro atoms. The highest BCUT2D eigenvalue weighted by molar-refractivity contribution is 5.97. The fourth-order valence-electron chi connectivity index (χ4n) is 3.69. The molecule has 1 aromatic heterocycles. The van der Waals surface area contributed by atoms with E-state index in [4.69, 9.17) is 4.84 Å². The summed E-state index contributed by atoms with van der Waals surface area (Å²) in [6.45, 7) is 4.03. The summed E-state index contributed by atoms with van der Waals surface area (Å²) in [6, 6.07) is 6.81. The Kier molecular flexibility index (Phi) is 3.22. The van der Waals surface area contributed by atoms with Crippen LogP contribution in [0.25, 0.3) is 10.8 Å². The third kappa shape index (κ3) is 2.22. The van der Waals surface area contributed by atoms with Gasteiger partial charge < -0.3 is 9.74 Å². The first-order valence-electron chi connectivity index (χ1n) is 7.78. The Morgan fingerprint density at radius 2 is 2.23 bits per heavy atom.